The molecule has 0 heterocycles. The zero-order valence-corrected chi connectivity index (χ0v) is 9.45. The minimum absolute atomic E-state index is 0.126. The van der Waals surface area contributed by atoms with E-state index in [1.54, 1.807) is 0 Å². The van der Waals surface area contributed by atoms with Gasteiger partial charge in [0.05, 0.1) is 0 Å². The van der Waals surface area contributed by atoms with Gasteiger partial charge >= 0.3 is 0 Å². The number of rotatable bonds is 7. The first-order chi connectivity index (χ1) is 7.13. The molecule has 0 bridgehead atoms. The Balaban J connectivity index is 2.30. The van der Waals surface area contributed by atoms with Crippen LogP contribution in [0.4, 0.5) is 4.39 Å². The lowest BCUT2D eigenvalue weighted by atomic mass is 9.96. The molecule has 1 fully saturated rings. The summed E-state index contributed by atoms with van der Waals surface area (Å²) in [5, 5.41) is 0. The molecule has 0 aromatic rings. The Hall–Kier alpha value is -0.640. The summed E-state index contributed by atoms with van der Waals surface area (Å²) in [6.07, 6.45) is 4.68. The molecule has 0 amide bonds. The molecule has 4 heteroatoms. The van der Waals surface area contributed by atoms with Crippen molar-refractivity contribution in [3.8, 4) is 0 Å². The average Bonchev–Trinajstić information content (AvgIpc) is 3.00. The second kappa shape index (κ2) is 6.05. The van der Waals surface area contributed by atoms with Crippen LogP contribution in [0.2, 0.25) is 0 Å². The van der Waals surface area contributed by atoms with Crippen LogP contribution in [-0.4, -0.2) is 25.1 Å². The molecule has 15 heavy (non-hydrogen) atoms. The van der Waals surface area contributed by atoms with E-state index in [9.17, 15) is 4.39 Å². The minimum Gasteiger partial charge on any atom is -0.385 e. The van der Waals surface area contributed by atoms with Crippen molar-refractivity contribution in [1.82, 2.24) is 0 Å². The summed E-state index contributed by atoms with van der Waals surface area (Å²) >= 11 is 0. The van der Waals surface area contributed by atoms with Gasteiger partial charge in [-0.1, -0.05) is 0 Å². The fraction of sp³-hybridized carbons (Fsp3) is 0.909. The largest absolute Gasteiger partial charge is 0.385 e. The molecule has 1 aliphatic rings. The monoisotopic (exact) mass is 215 g/mol. The number of aliphatic imine (C=N–C) groups is 1. The van der Waals surface area contributed by atoms with E-state index in [-0.39, 0.29) is 11.9 Å². The van der Waals surface area contributed by atoms with Gasteiger partial charge in [-0.3, -0.25) is 4.99 Å². The lowest BCUT2D eigenvalue weighted by molar-refractivity contribution is 0.409. The van der Waals surface area contributed by atoms with E-state index in [2.05, 4.69) is 4.99 Å². The third-order valence-corrected chi connectivity index (χ3v) is 2.95. The van der Waals surface area contributed by atoms with Crippen LogP contribution in [0, 0.1) is 11.8 Å². The van der Waals surface area contributed by atoms with Crippen LogP contribution in [0.5, 0.6) is 0 Å². The van der Waals surface area contributed by atoms with Crippen molar-refractivity contribution in [3.05, 3.63) is 0 Å². The molecule has 1 aliphatic carbocycles. The number of hydrogen-bond donors (Lipinski definition) is 2. The molecule has 1 rings (SSSR count). The highest BCUT2D eigenvalue weighted by Crippen LogP contribution is 2.39. The molecule has 1 saturated carbocycles. The molecular formula is C11H22FN3. The van der Waals surface area contributed by atoms with E-state index in [0.717, 1.165) is 18.8 Å². The number of nitrogens with zero attached hydrogens (tertiary/aromatic N) is 1. The predicted octanol–water partition coefficient (Wildman–Crippen LogP) is 1.47. The van der Waals surface area contributed by atoms with Gasteiger partial charge in [0.25, 0.3) is 0 Å². The summed E-state index contributed by atoms with van der Waals surface area (Å²) in [7, 11) is 0. The molecule has 0 spiro atoms. The van der Waals surface area contributed by atoms with Gasteiger partial charge in [-0.15, -0.1) is 0 Å². The molecule has 0 aromatic heterocycles. The van der Waals surface area contributed by atoms with Gasteiger partial charge in [0.15, 0.2) is 0 Å². The standard InChI is InChI=1S/C11H22FN3/c1-8(13)2-3-10(9-4-5-9)7-15-11(14)6-12/h8-10H,2-7,13H2,1H3,(H2,14,15). The Bertz CT molecular complexity index is 212. The summed E-state index contributed by atoms with van der Waals surface area (Å²) in [6.45, 7) is 2.06. The van der Waals surface area contributed by atoms with Crippen LogP contribution in [0.3, 0.4) is 0 Å². The number of alkyl halides is 1. The lowest BCUT2D eigenvalue weighted by Gasteiger charge is -2.15. The zero-order chi connectivity index (χ0) is 11.3. The molecule has 4 N–H and O–H groups in total. The summed E-state index contributed by atoms with van der Waals surface area (Å²) in [4.78, 5) is 4.06. The molecule has 0 aromatic carbocycles. The molecule has 2 unspecified atom stereocenters. The molecule has 0 saturated heterocycles. The normalized spacial score (nSPS) is 21.4. The maximum Gasteiger partial charge on any atom is 0.146 e. The number of halogens is 1. The fourth-order valence-corrected chi connectivity index (χ4v) is 1.80. The van der Waals surface area contributed by atoms with E-state index in [1.165, 1.54) is 12.8 Å². The highest BCUT2D eigenvalue weighted by Gasteiger charge is 2.30. The van der Waals surface area contributed by atoms with Crippen molar-refractivity contribution in [2.75, 3.05) is 13.2 Å². The smallest absolute Gasteiger partial charge is 0.146 e. The van der Waals surface area contributed by atoms with Gasteiger partial charge in [-0.05, 0) is 44.4 Å². The molecular weight excluding hydrogens is 193 g/mol. The van der Waals surface area contributed by atoms with E-state index >= 15 is 0 Å². The third-order valence-electron chi connectivity index (χ3n) is 2.95. The topological polar surface area (TPSA) is 64.4 Å². The Labute approximate surface area is 91.1 Å². The molecule has 0 aliphatic heterocycles. The van der Waals surface area contributed by atoms with Crippen LogP contribution in [0.15, 0.2) is 4.99 Å². The summed E-state index contributed by atoms with van der Waals surface area (Å²) < 4.78 is 12.1. The fourth-order valence-electron chi connectivity index (χ4n) is 1.80. The maximum atomic E-state index is 12.1. The zero-order valence-electron chi connectivity index (χ0n) is 9.45. The highest BCUT2D eigenvalue weighted by molar-refractivity contribution is 5.81. The summed E-state index contributed by atoms with van der Waals surface area (Å²) in [5.41, 5.74) is 11.1. The molecule has 3 nitrogen and oxygen atoms in total. The number of hydrogen-bond acceptors (Lipinski definition) is 2. The quantitative estimate of drug-likeness (QED) is 0.499. The van der Waals surface area contributed by atoms with Crippen molar-refractivity contribution in [2.24, 2.45) is 28.3 Å². The first-order valence-electron chi connectivity index (χ1n) is 5.73. The Morgan fingerprint density at radius 2 is 2.13 bits per heavy atom. The summed E-state index contributed by atoms with van der Waals surface area (Å²) in [6, 6.07) is 0.244. The first-order valence-corrected chi connectivity index (χ1v) is 5.73. The lowest BCUT2D eigenvalue weighted by Crippen LogP contribution is -2.20. The Morgan fingerprint density at radius 3 is 2.60 bits per heavy atom. The summed E-state index contributed by atoms with van der Waals surface area (Å²) in [5.74, 6) is 1.46. The van der Waals surface area contributed by atoms with Crippen LogP contribution in [0.25, 0.3) is 0 Å². The van der Waals surface area contributed by atoms with Crippen molar-refractivity contribution in [1.29, 1.82) is 0 Å². The van der Waals surface area contributed by atoms with Crippen molar-refractivity contribution < 1.29 is 4.39 Å². The SMILES string of the molecule is CC(N)CCC(CN=C(N)CF)C1CC1. The Morgan fingerprint density at radius 1 is 1.47 bits per heavy atom. The number of amidine groups is 1. The van der Waals surface area contributed by atoms with Crippen LogP contribution in [0.1, 0.15) is 32.6 Å². The van der Waals surface area contributed by atoms with Gasteiger partial charge in [0.2, 0.25) is 0 Å². The van der Waals surface area contributed by atoms with Crippen molar-refractivity contribution in [3.63, 3.8) is 0 Å². The van der Waals surface area contributed by atoms with E-state index < -0.39 is 6.67 Å². The first kappa shape index (κ1) is 12.4. The maximum absolute atomic E-state index is 12.1. The van der Waals surface area contributed by atoms with E-state index in [4.69, 9.17) is 11.5 Å². The van der Waals surface area contributed by atoms with Gasteiger partial charge in [-0.25, -0.2) is 4.39 Å². The van der Waals surface area contributed by atoms with Gasteiger partial charge in [0.1, 0.15) is 12.5 Å². The van der Waals surface area contributed by atoms with Crippen molar-refractivity contribution in [2.45, 2.75) is 38.6 Å². The second-order valence-corrected chi connectivity index (χ2v) is 4.62. The third kappa shape index (κ3) is 5.11. The van der Waals surface area contributed by atoms with Gasteiger partial charge in [0, 0.05) is 12.6 Å². The average molecular weight is 215 g/mol. The van der Waals surface area contributed by atoms with Crippen molar-refractivity contribution >= 4 is 5.84 Å². The van der Waals surface area contributed by atoms with Crippen LogP contribution in [-0.2, 0) is 0 Å². The molecule has 88 valence electrons. The number of nitrogens with two attached hydrogens (primary N) is 2. The molecule has 0 radical (unpaired) electrons. The van der Waals surface area contributed by atoms with Crippen LogP contribution < -0.4 is 11.5 Å². The van der Waals surface area contributed by atoms with Crippen LogP contribution >= 0.6 is 0 Å². The van der Waals surface area contributed by atoms with Gasteiger partial charge < -0.3 is 11.5 Å². The second-order valence-electron chi connectivity index (χ2n) is 4.62. The Kier molecular flexibility index (Phi) is 5.02. The predicted molar refractivity (Wildman–Crippen MR) is 61.6 cm³/mol. The highest BCUT2D eigenvalue weighted by atomic mass is 19.1. The van der Waals surface area contributed by atoms with E-state index in [1.807, 2.05) is 6.92 Å². The van der Waals surface area contributed by atoms with Gasteiger partial charge in [-0.2, -0.15) is 0 Å². The minimum atomic E-state index is -0.634. The van der Waals surface area contributed by atoms with E-state index in [0.29, 0.717) is 12.5 Å². The molecule has 2 atom stereocenters.